The quantitative estimate of drug-likeness (QED) is 0.205. The Balaban J connectivity index is 1.67. The fourth-order valence-electron chi connectivity index (χ4n) is 4.90. The molecule has 0 saturated carbocycles. The van der Waals surface area contributed by atoms with Crippen molar-refractivity contribution in [3.8, 4) is 11.5 Å². The number of hydrogen-bond donors (Lipinski definition) is 1. The maximum atomic E-state index is 13.8. The molecule has 0 radical (unpaired) electrons. The van der Waals surface area contributed by atoms with Crippen LogP contribution in [0.25, 0.3) is 0 Å². The summed E-state index contributed by atoms with van der Waals surface area (Å²) in [6.07, 6.45) is 1.35. The van der Waals surface area contributed by atoms with Crippen molar-refractivity contribution < 1.29 is 29.0 Å². The third kappa shape index (κ3) is 6.83. The fourth-order valence-corrected chi connectivity index (χ4v) is 5.76. The summed E-state index contributed by atoms with van der Waals surface area (Å²) < 4.78 is 11.5. The average Bonchev–Trinajstić information content (AvgIpc) is 3.37. The molecule has 0 aliphatic carbocycles. The van der Waals surface area contributed by atoms with E-state index < -0.39 is 23.6 Å². The zero-order chi connectivity index (χ0) is 30.1. The van der Waals surface area contributed by atoms with E-state index >= 15 is 0 Å². The van der Waals surface area contributed by atoms with Crippen molar-refractivity contribution in [1.29, 1.82) is 0 Å². The zero-order valence-corrected chi connectivity index (χ0v) is 25.7. The van der Waals surface area contributed by atoms with Crippen LogP contribution in [0.2, 0.25) is 10.0 Å². The first-order valence-electron chi connectivity index (χ1n) is 12.9. The molecule has 1 saturated heterocycles. The minimum atomic E-state index is -1.42. The molecule has 2 atom stereocenters. The second kappa shape index (κ2) is 12.3. The minimum absolute atomic E-state index is 0.0786. The second-order valence-corrected chi connectivity index (χ2v) is 12.3. The Morgan fingerprint density at radius 2 is 1.61 bits per heavy atom. The van der Waals surface area contributed by atoms with Crippen molar-refractivity contribution in [3.63, 3.8) is 0 Å². The molecule has 7 nitrogen and oxygen atoms in total. The van der Waals surface area contributed by atoms with E-state index in [-0.39, 0.29) is 35.6 Å². The fraction of sp³-hybridized carbons (Fsp3) is 0.323. The molecule has 1 N–H and O–H groups in total. The number of rotatable bonds is 8. The van der Waals surface area contributed by atoms with Gasteiger partial charge in [-0.15, -0.1) is 11.8 Å². The molecule has 3 aromatic rings. The van der Waals surface area contributed by atoms with Crippen LogP contribution in [-0.4, -0.2) is 52.8 Å². The van der Waals surface area contributed by atoms with Crippen molar-refractivity contribution in [2.24, 2.45) is 5.92 Å². The number of Topliss-reactive ketones (excluding diaryl/α,β-unsaturated/α-hetero) is 1. The summed E-state index contributed by atoms with van der Waals surface area (Å²) in [7, 11) is 0. The molecule has 4 rings (SSSR count). The molecule has 0 aromatic heterocycles. The summed E-state index contributed by atoms with van der Waals surface area (Å²) in [5.74, 6) is -1.38. The number of hydrogen-bond acceptors (Lipinski definition) is 6. The zero-order valence-electron chi connectivity index (χ0n) is 23.4. The molecular formula is C31H31Cl2NO6S. The van der Waals surface area contributed by atoms with Crippen LogP contribution in [-0.2, 0) is 4.79 Å². The summed E-state index contributed by atoms with van der Waals surface area (Å²) in [6.45, 7) is 7.05. The number of ketones is 1. The standard InChI is InChI=1S/C31H31Cl2NO6S/c1-17-12-20(13-18(2)28(17)40-31(3,4)29(36)37)23-15-34(30(38)39-26-11-8-21(32)14-25(26)33)16-24(23)27(35)19-6-9-22(41-5)10-7-19/h6-14,23-24H,15-16H2,1-5H3,(H,36,37)/t23?,24-/m1/s1. The number of carboxylic acid groups (broad SMARTS) is 1. The Morgan fingerprint density at radius 3 is 2.17 bits per heavy atom. The van der Waals surface area contributed by atoms with Crippen molar-refractivity contribution in [1.82, 2.24) is 4.90 Å². The third-order valence-electron chi connectivity index (χ3n) is 7.16. The van der Waals surface area contributed by atoms with E-state index in [0.717, 1.165) is 21.6 Å². The summed E-state index contributed by atoms with van der Waals surface area (Å²) in [5.41, 5.74) is 1.46. The van der Waals surface area contributed by atoms with Crippen LogP contribution in [0.5, 0.6) is 11.5 Å². The Bertz CT molecular complexity index is 1470. The molecule has 1 aliphatic heterocycles. The molecular weight excluding hydrogens is 585 g/mol. The predicted molar refractivity (Wildman–Crippen MR) is 161 cm³/mol. The van der Waals surface area contributed by atoms with Gasteiger partial charge in [-0.3, -0.25) is 4.79 Å². The van der Waals surface area contributed by atoms with Gasteiger partial charge < -0.3 is 19.5 Å². The van der Waals surface area contributed by atoms with E-state index in [2.05, 4.69) is 0 Å². The van der Waals surface area contributed by atoms with Gasteiger partial charge in [0.25, 0.3) is 0 Å². The van der Waals surface area contributed by atoms with Gasteiger partial charge in [0.15, 0.2) is 17.1 Å². The highest BCUT2D eigenvalue weighted by Gasteiger charge is 2.42. The largest absolute Gasteiger partial charge is 0.478 e. The highest BCUT2D eigenvalue weighted by molar-refractivity contribution is 7.98. The SMILES string of the molecule is CSc1ccc(C(=O)[C@@H]2CN(C(=O)Oc3ccc(Cl)cc3Cl)CC2c2cc(C)c(OC(C)(C)C(=O)O)c(C)c2)cc1. The van der Waals surface area contributed by atoms with Gasteiger partial charge in [0, 0.05) is 40.4 Å². The number of likely N-dealkylation sites (tertiary alicyclic amines) is 1. The van der Waals surface area contributed by atoms with Gasteiger partial charge in [0.2, 0.25) is 0 Å². The minimum Gasteiger partial charge on any atom is -0.478 e. The molecule has 0 spiro atoms. The molecule has 216 valence electrons. The Labute approximate surface area is 253 Å². The monoisotopic (exact) mass is 615 g/mol. The number of carboxylic acids is 1. The van der Waals surface area contributed by atoms with E-state index in [1.807, 2.05) is 44.4 Å². The maximum absolute atomic E-state index is 13.8. The van der Waals surface area contributed by atoms with Gasteiger partial charge in [0.05, 0.1) is 5.02 Å². The lowest BCUT2D eigenvalue weighted by Crippen LogP contribution is -2.38. The average molecular weight is 617 g/mol. The first-order valence-corrected chi connectivity index (χ1v) is 14.9. The van der Waals surface area contributed by atoms with Crippen molar-refractivity contribution >= 4 is 52.8 Å². The van der Waals surface area contributed by atoms with E-state index in [1.165, 1.54) is 30.9 Å². The topological polar surface area (TPSA) is 93.1 Å². The predicted octanol–water partition coefficient (Wildman–Crippen LogP) is 7.67. The number of ether oxygens (including phenoxy) is 2. The van der Waals surface area contributed by atoms with E-state index in [1.54, 1.807) is 30.0 Å². The molecule has 3 aromatic carbocycles. The lowest BCUT2D eigenvalue weighted by Gasteiger charge is -2.26. The number of thioether (sulfide) groups is 1. The summed E-state index contributed by atoms with van der Waals surface area (Å²) in [6, 6.07) is 15.8. The van der Waals surface area contributed by atoms with E-state index in [4.69, 9.17) is 32.7 Å². The highest BCUT2D eigenvalue weighted by Crippen LogP contribution is 2.39. The summed E-state index contributed by atoms with van der Waals surface area (Å²) >= 11 is 13.8. The van der Waals surface area contributed by atoms with Crippen LogP contribution in [0.3, 0.4) is 0 Å². The Kier molecular flexibility index (Phi) is 9.26. The summed E-state index contributed by atoms with van der Waals surface area (Å²) in [4.78, 5) is 41.3. The molecule has 1 heterocycles. The van der Waals surface area contributed by atoms with Gasteiger partial charge in [-0.25, -0.2) is 9.59 Å². The number of benzene rings is 3. The number of halogens is 2. The molecule has 10 heteroatoms. The summed E-state index contributed by atoms with van der Waals surface area (Å²) in [5, 5.41) is 10.2. The van der Waals surface area contributed by atoms with Crippen molar-refractivity contribution in [3.05, 3.63) is 86.9 Å². The normalized spacial score (nSPS) is 16.9. The number of carbonyl (C=O) groups is 3. The molecule has 1 unspecified atom stereocenters. The van der Waals surface area contributed by atoms with Crippen LogP contribution in [0.4, 0.5) is 4.79 Å². The second-order valence-electron chi connectivity index (χ2n) is 10.6. The first kappa shape index (κ1) is 30.8. The highest BCUT2D eigenvalue weighted by atomic mass is 35.5. The maximum Gasteiger partial charge on any atom is 0.415 e. The lowest BCUT2D eigenvalue weighted by molar-refractivity contribution is -0.152. The Hall–Kier alpha value is -3.20. The number of carbonyl (C=O) groups excluding carboxylic acids is 2. The van der Waals surface area contributed by atoms with Crippen molar-refractivity contribution in [2.45, 2.75) is 44.1 Å². The smallest absolute Gasteiger partial charge is 0.415 e. The van der Waals surface area contributed by atoms with E-state index in [0.29, 0.717) is 16.3 Å². The molecule has 1 amide bonds. The van der Waals surface area contributed by atoms with Gasteiger partial charge in [-0.05, 0) is 81.0 Å². The number of aliphatic carboxylic acids is 1. The van der Waals surface area contributed by atoms with Crippen LogP contribution < -0.4 is 9.47 Å². The molecule has 1 fully saturated rings. The third-order valence-corrected chi connectivity index (χ3v) is 8.44. The van der Waals surface area contributed by atoms with Crippen molar-refractivity contribution in [2.75, 3.05) is 19.3 Å². The molecule has 1 aliphatic rings. The van der Waals surface area contributed by atoms with Gasteiger partial charge in [0.1, 0.15) is 5.75 Å². The lowest BCUT2D eigenvalue weighted by atomic mass is 9.82. The first-order chi connectivity index (χ1) is 19.3. The van der Waals surface area contributed by atoms with Crippen LogP contribution in [0, 0.1) is 19.8 Å². The van der Waals surface area contributed by atoms with Crippen LogP contribution in [0.15, 0.2) is 59.5 Å². The molecule has 0 bridgehead atoms. The van der Waals surface area contributed by atoms with Crippen LogP contribution in [0.1, 0.15) is 46.8 Å². The van der Waals surface area contributed by atoms with Gasteiger partial charge in [-0.1, -0.05) is 47.5 Å². The number of nitrogens with zero attached hydrogens (tertiary/aromatic N) is 1. The molecule has 41 heavy (non-hydrogen) atoms. The number of amides is 1. The Morgan fingerprint density at radius 1 is 0.976 bits per heavy atom. The van der Waals surface area contributed by atoms with Gasteiger partial charge >= 0.3 is 12.1 Å². The van der Waals surface area contributed by atoms with Gasteiger partial charge in [-0.2, -0.15) is 0 Å². The van der Waals surface area contributed by atoms with E-state index in [9.17, 15) is 19.5 Å². The number of aryl methyl sites for hydroxylation is 2. The van der Waals surface area contributed by atoms with Crippen LogP contribution >= 0.6 is 35.0 Å².